The predicted octanol–water partition coefficient (Wildman–Crippen LogP) is 5.30. The second kappa shape index (κ2) is 13.3. The van der Waals surface area contributed by atoms with E-state index < -0.39 is 47.5 Å². The first-order valence-corrected chi connectivity index (χ1v) is 14.4. The molecule has 0 aromatic heterocycles. The van der Waals surface area contributed by atoms with Gasteiger partial charge in [0.15, 0.2) is 5.78 Å². The minimum absolute atomic E-state index is 0.0536. The molecule has 0 bridgehead atoms. The average molecular weight is 578 g/mol. The fraction of sp³-hybridized carbons (Fsp3) is 0.548. The van der Waals surface area contributed by atoms with E-state index in [2.05, 4.69) is 5.32 Å². The van der Waals surface area contributed by atoms with E-state index in [1.54, 1.807) is 0 Å². The maximum absolute atomic E-state index is 15.1. The number of benzene rings is 2. The molecule has 0 radical (unpaired) electrons. The number of aromatic hydroxyl groups is 1. The van der Waals surface area contributed by atoms with Gasteiger partial charge in [-0.3, -0.25) is 14.5 Å². The predicted molar refractivity (Wildman–Crippen MR) is 148 cm³/mol. The third-order valence-electron chi connectivity index (χ3n) is 8.46. The van der Waals surface area contributed by atoms with Gasteiger partial charge < -0.3 is 15.3 Å². The molecule has 0 aliphatic carbocycles. The van der Waals surface area contributed by atoms with Gasteiger partial charge in [0.1, 0.15) is 17.6 Å². The number of ketones is 1. The number of Topliss-reactive ketones (excluding diaryl/α,β-unsaturated/α-hetero) is 1. The van der Waals surface area contributed by atoms with Crippen molar-refractivity contribution in [3.63, 3.8) is 0 Å². The Kier molecular flexibility index (Phi) is 10.1. The van der Waals surface area contributed by atoms with Crippen LogP contribution in [0.4, 0.5) is 17.6 Å². The van der Waals surface area contributed by atoms with Crippen molar-refractivity contribution in [3.8, 4) is 5.75 Å². The highest BCUT2D eigenvalue weighted by atomic mass is 19.4. The van der Waals surface area contributed by atoms with Gasteiger partial charge in [0.05, 0.1) is 5.92 Å². The SMILES string of the molecule is CCNCCCCN1C[C@H](C(=O)c2cccc(O)c2)[C@@H](c2cccc(F)c2C)[C@H](C(=O)N2CCCC2)[C@H]1C(F)(F)F. The molecule has 2 aliphatic heterocycles. The van der Waals surface area contributed by atoms with Crippen molar-refractivity contribution in [3.05, 3.63) is 65.0 Å². The number of phenolic OH excluding ortho intramolecular Hbond substituents is 1. The summed E-state index contributed by atoms with van der Waals surface area (Å²) in [6.45, 7) is 5.33. The Morgan fingerprint density at radius 2 is 1.78 bits per heavy atom. The molecule has 2 heterocycles. The zero-order valence-corrected chi connectivity index (χ0v) is 23.6. The normalized spacial score (nSPS) is 23.6. The maximum Gasteiger partial charge on any atom is 0.404 e. The molecule has 0 unspecified atom stereocenters. The van der Waals surface area contributed by atoms with Crippen LogP contribution in [0.25, 0.3) is 0 Å². The molecule has 4 rings (SSSR count). The Bertz CT molecular complexity index is 1220. The number of nitrogens with one attached hydrogen (secondary N) is 1. The summed E-state index contributed by atoms with van der Waals surface area (Å²) in [6.07, 6.45) is -2.30. The molecule has 224 valence electrons. The van der Waals surface area contributed by atoms with E-state index >= 15 is 13.2 Å². The Balaban J connectivity index is 1.87. The third-order valence-corrected chi connectivity index (χ3v) is 8.46. The van der Waals surface area contributed by atoms with Gasteiger partial charge in [0.2, 0.25) is 5.91 Å². The number of carbonyl (C=O) groups is 2. The van der Waals surface area contributed by atoms with Gasteiger partial charge in [-0.15, -0.1) is 0 Å². The van der Waals surface area contributed by atoms with E-state index in [1.165, 1.54) is 59.2 Å². The first-order valence-electron chi connectivity index (χ1n) is 14.4. The average Bonchev–Trinajstić information content (AvgIpc) is 3.48. The number of nitrogens with zero attached hydrogens (tertiary/aromatic N) is 2. The van der Waals surface area contributed by atoms with Gasteiger partial charge in [0, 0.05) is 37.0 Å². The van der Waals surface area contributed by atoms with Gasteiger partial charge in [-0.2, -0.15) is 13.2 Å². The number of alkyl halides is 3. The third kappa shape index (κ3) is 6.92. The molecule has 2 N–H and O–H groups in total. The molecule has 0 saturated carbocycles. The van der Waals surface area contributed by atoms with Gasteiger partial charge in [0.25, 0.3) is 0 Å². The quantitative estimate of drug-likeness (QED) is 0.228. The molecule has 2 aromatic rings. The maximum atomic E-state index is 15.1. The van der Waals surface area contributed by atoms with Gasteiger partial charge in [-0.1, -0.05) is 31.2 Å². The van der Waals surface area contributed by atoms with Gasteiger partial charge >= 0.3 is 6.18 Å². The van der Waals surface area contributed by atoms with Crippen LogP contribution in [0.5, 0.6) is 5.75 Å². The summed E-state index contributed by atoms with van der Waals surface area (Å²) in [5, 5.41) is 13.2. The fourth-order valence-corrected chi connectivity index (χ4v) is 6.49. The Morgan fingerprint density at radius 1 is 1.07 bits per heavy atom. The van der Waals surface area contributed by atoms with Crippen LogP contribution in [0.15, 0.2) is 42.5 Å². The summed E-state index contributed by atoms with van der Waals surface area (Å²) in [5.41, 5.74) is 0.506. The van der Waals surface area contributed by atoms with Crippen LogP contribution < -0.4 is 5.32 Å². The van der Waals surface area contributed by atoms with E-state index in [0.29, 0.717) is 45.3 Å². The molecule has 1 amide bonds. The van der Waals surface area contributed by atoms with Crippen molar-refractivity contribution in [2.75, 3.05) is 39.3 Å². The number of halogens is 4. The van der Waals surface area contributed by atoms with Crippen LogP contribution in [0.1, 0.15) is 60.0 Å². The molecule has 2 aliphatic rings. The van der Waals surface area contributed by atoms with Crippen LogP contribution in [0.2, 0.25) is 0 Å². The number of amides is 1. The summed E-state index contributed by atoms with van der Waals surface area (Å²) in [6, 6.07) is 7.74. The molecule has 2 fully saturated rings. The van der Waals surface area contributed by atoms with Crippen molar-refractivity contribution in [1.29, 1.82) is 0 Å². The highest BCUT2D eigenvalue weighted by Gasteiger charge is 2.60. The Labute approximate surface area is 238 Å². The second-order valence-corrected chi connectivity index (χ2v) is 11.1. The highest BCUT2D eigenvalue weighted by Crippen LogP contribution is 2.49. The number of unbranched alkanes of at least 4 members (excludes halogenated alkanes) is 1. The Hall–Kier alpha value is -2.98. The number of piperidine rings is 1. The number of hydrogen-bond donors (Lipinski definition) is 2. The van der Waals surface area contributed by atoms with Crippen molar-refractivity contribution >= 4 is 11.7 Å². The molecule has 2 aromatic carbocycles. The highest BCUT2D eigenvalue weighted by molar-refractivity contribution is 5.99. The monoisotopic (exact) mass is 577 g/mol. The number of likely N-dealkylation sites (tertiary alicyclic amines) is 2. The molecule has 4 atom stereocenters. The second-order valence-electron chi connectivity index (χ2n) is 11.1. The number of rotatable bonds is 10. The standard InChI is InChI=1S/C31H39F4N3O3/c1-3-36-14-4-5-17-38-19-24(28(40)21-10-8-11-22(39)18-21)26(23-12-9-13-25(32)20(23)2)27(29(38)31(33,34)35)30(41)37-15-6-7-16-37/h8-13,18,24,26-27,29,36,39H,3-7,14-17,19H2,1-2H3/t24-,26+,27-,29-/m0/s1. The lowest BCUT2D eigenvalue weighted by Crippen LogP contribution is -2.63. The summed E-state index contributed by atoms with van der Waals surface area (Å²) in [5.74, 6) is -5.80. The first kappa shape index (κ1) is 31.0. The van der Waals surface area contributed by atoms with Crippen molar-refractivity contribution in [2.24, 2.45) is 11.8 Å². The van der Waals surface area contributed by atoms with E-state index in [1.807, 2.05) is 6.92 Å². The number of phenols is 1. The summed E-state index contributed by atoms with van der Waals surface area (Å²) in [7, 11) is 0. The van der Waals surface area contributed by atoms with Gasteiger partial charge in [-0.05, 0) is 81.6 Å². The lowest BCUT2D eigenvalue weighted by molar-refractivity contribution is -0.214. The number of hydrogen-bond acceptors (Lipinski definition) is 5. The van der Waals surface area contributed by atoms with Crippen LogP contribution in [0.3, 0.4) is 0 Å². The lowest BCUT2D eigenvalue weighted by Gasteiger charge is -2.50. The molecule has 6 nitrogen and oxygen atoms in total. The molecule has 41 heavy (non-hydrogen) atoms. The van der Waals surface area contributed by atoms with Crippen LogP contribution >= 0.6 is 0 Å². The summed E-state index contributed by atoms with van der Waals surface area (Å²) < 4.78 is 60.1. The minimum atomic E-state index is -4.76. The van der Waals surface area contributed by atoms with Crippen LogP contribution in [0, 0.1) is 24.6 Å². The fourth-order valence-electron chi connectivity index (χ4n) is 6.49. The summed E-state index contributed by atoms with van der Waals surface area (Å²) in [4.78, 5) is 30.9. The molecular formula is C31H39F4N3O3. The molecular weight excluding hydrogens is 538 g/mol. The largest absolute Gasteiger partial charge is 0.508 e. The lowest BCUT2D eigenvalue weighted by atomic mass is 9.66. The van der Waals surface area contributed by atoms with Crippen molar-refractivity contribution in [1.82, 2.24) is 15.1 Å². The zero-order chi connectivity index (χ0) is 29.7. The van der Waals surface area contributed by atoms with E-state index in [9.17, 15) is 19.1 Å². The van der Waals surface area contributed by atoms with E-state index in [0.717, 1.165) is 6.54 Å². The smallest absolute Gasteiger partial charge is 0.404 e. The van der Waals surface area contributed by atoms with Gasteiger partial charge in [-0.25, -0.2) is 4.39 Å². The van der Waals surface area contributed by atoms with Crippen molar-refractivity contribution in [2.45, 2.75) is 57.7 Å². The van der Waals surface area contributed by atoms with E-state index in [4.69, 9.17) is 0 Å². The van der Waals surface area contributed by atoms with E-state index in [-0.39, 0.29) is 35.5 Å². The zero-order valence-electron chi connectivity index (χ0n) is 23.6. The first-order chi connectivity index (χ1) is 19.5. The topological polar surface area (TPSA) is 72.9 Å². The number of carbonyl (C=O) groups excluding carboxylic acids is 2. The Morgan fingerprint density at radius 3 is 2.44 bits per heavy atom. The van der Waals surface area contributed by atoms with Crippen LogP contribution in [-0.4, -0.2) is 78.1 Å². The minimum Gasteiger partial charge on any atom is -0.508 e. The molecule has 2 saturated heterocycles. The molecule has 0 spiro atoms. The van der Waals surface area contributed by atoms with Crippen molar-refractivity contribution < 1.29 is 32.3 Å². The van der Waals surface area contributed by atoms with Crippen LogP contribution in [-0.2, 0) is 4.79 Å². The summed E-state index contributed by atoms with van der Waals surface area (Å²) >= 11 is 0. The molecule has 10 heteroatoms.